The maximum absolute atomic E-state index is 5.13. The van der Waals surface area contributed by atoms with Gasteiger partial charge in [0.05, 0.1) is 5.69 Å². The van der Waals surface area contributed by atoms with Gasteiger partial charge in [-0.1, -0.05) is 0 Å². The molecule has 0 aliphatic carbocycles. The van der Waals surface area contributed by atoms with E-state index >= 15 is 0 Å². The number of nitrogens with one attached hydrogen (secondary N) is 1. The van der Waals surface area contributed by atoms with E-state index in [0.29, 0.717) is 5.69 Å². The van der Waals surface area contributed by atoms with Gasteiger partial charge >= 0.3 is 0 Å². The van der Waals surface area contributed by atoms with Gasteiger partial charge < -0.3 is 5.73 Å². The van der Waals surface area contributed by atoms with Gasteiger partial charge in [0.15, 0.2) is 0 Å². The van der Waals surface area contributed by atoms with Crippen LogP contribution >= 0.6 is 0 Å². The molecule has 31 valence electrons. The number of nitrogen functional groups attached to an aromatic ring is 1. The molecule has 1 radical (unpaired) electrons. The van der Waals surface area contributed by atoms with Crippen LogP contribution in [0, 0.1) is 6.20 Å². The quantitative estimate of drug-likeness (QED) is 0.455. The standard InChI is InChI=1S/C3H4N3/c4-3-1-5-6-2-3/h1H,4H2,(H,5,6). The highest BCUT2D eigenvalue weighted by Gasteiger charge is 1.76. The molecular weight excluding hydrogens is 78.1 g/mol. The second-order valence-electron chi connectivity index (χ2n) is 0.952. The Morgan fingerprint density at radius 2 is 2.83 bits per heavy atom. The third-order valence-electron chi connectivity index (χ3n) is 0.470. The zero-order valence-electron chi connectivity index (χ0n) is 3.10. The molecule has 3 nitrogen and oxygen atoms in total. The van der Waals surface area contributed by atoms with Crippen LogP contribution in [0.3, 0.4) is 0 Å². The minimum absolute atomic E-state index is 0.551. The van der Waals surface area contributed by atoms with Gasteiger partial charge in [0.2, 0.25) is 0 Å². The molecule has 0 aliphatic rings. The van der Waals surface area contributed by atoms with Crippen molar-refractivity contribution in [1.29, 1.82) is 0 Å². The highest BCUT2D eigenvalue weighted by atomic mass is 15.1. The molecule has 0 atom stereocenters. The van der Waals surface area contributed by atoms with Crippen molar-refractivity contribution in [1.82, 2.24) is 10.2 Å². The number of nitrogens with zero attached hydrogens (tertiary/aromatic N) is 1. The fraction of sp³-hybridized carbons (Fsp3) is 0. The summed E-state index contributed by atoms with van der Waals surface area (Å²) in [6, 6.07) is 0. The molecular formula is C3H4N3. The molecule has 0 spiro atoms. The largest absolute Gasteiger partial charge is 0.396 e. The molecule has 1 aromatic rings. The third kappa shape index (κ3) is 0.337. The lowest BCUT2D eigenvalue weighted by Crippen LogP contribution is -1.75. The molecule has 0 bridgehead atoms. The Bertz CT molecular complexity index is 110. The first-order chi connectivity index (χ1) is 2.89. The molecule has 0 aromatic carbocycles. The normalized spacial score (nSPS) is 8.67. The van der Waals surface area contributed by atoms with Gasteiger partial charge in [-0.2, -0.15) is 5.10 Å². The van der Waals surface area contributed by atoms with Gasteiger partial charge in [-0.05, 0) is 0 Å². The number of aromatic amines is 1. The molecule has 3 heteroatoms. The lowest BCUT2D eigenvalue weighted by molar-refractivity contribution is 1.08. The highest BCUT2D eigenvalue weighted by molar-refractivity contribution is 5.27. The van der Waals surface area contributed by atoms with Crippen LogP contribution in [0.15, 0.2) is 6.20 Å². The number of aromatic nitrogens is 2. The van der Waals surface area contributed by atoms with Gasteiger partial charge in [-0.3, -0.25) is 5.10 Å². The Balaban J connectivity index is 3.05. The molecule has 0 unspecified atom stereocenters. The summed E-state index contributed by atoms with van der Waals surface area (Å²) in [5.74, 6) is 0. The molecule has 3 N–H and O–H groups in total. The first-order valence-corrected chi connectivity index (χ1v) is 1.56. The second kappa shape index (κ2) is 1.01. The monoisotopic (exact) mass is 82.0 g/mol. The zero-order chi connectivity index (χ0) is 4.41. The van der Waals surface area contributed by atoms with Crippen LogP contribution in [-0.2, 0) is 0 Å². The predicted octanol–water partition coefficient (Wildman–Crippen LogP) is -0.208. The van der Waals surface area contributed by atoms with Crippen LogP contribution in [0.5, 0.6) is 0 Å². The minimum atomic E-state index is 0.551. The molecule has 0 fully saturated rings. The SMILES string of the molecule is Nc1[c]n[nH]c1. The average Bonchev–Trinajstić information content (AvgIpc) is 1.86. The third-order valence-corrected chi connectivity index (χ3v) is 0.470. The zero-order valence-corrected chi connectivity index (χ0v) is 3.10. The van der Waals surface area contributed by atoms with E-state index in [2.05, 4.69) is 16.4 Å². The highest BCUT2D eigenvalue weighted by Crippen LogP contribution is 1.87. The number of rotatable bonds is 0. The van der Waals surface area contributed by atoms with Crippen molar-refractivity contribution in [3.63, 3.8) is 0 Å². The fourth-order valence-corrected chi connectivity index (χ4v) is 0.231. The maximum Gasteiger partial charge on any atom is 0.137 e. The summed E-state index contributed by atoms with van der Waals surface area (Å²) in [6.45, 7) is 0. The molecule has 1 heterocycles. The average molecular weight is 82.1 g/mol. The van der Waals surface area contributed by atoms with E-state index in [9.17, 15) is 0 Å². The van der Waals surface area contributed by atoms with Crippen molar-refractivity contribution < 1.29 is 0 Å². The van der Waals surface area contributed by atoms with Gasteiger partial charge in [0.25, 0.3) is 0 Å². The summed E-state index contributed by atoms with van der Waals surface area (Å²) in [7, 11) is 0. The molecule has 1 rings (SSSR count). The molecule has 0 aliphatic heterocycles. The van der Waals surface area contributed by atoms with E-state index in [1.54, 1.807) is 6.20 Å². The first kappa shape index (κ1) is 3.21. The minimum Gasteiger partial charge on any atom is -0.396 e. The van der Waals surface area contributed by atoms with Crippen LogP contribution in [0.25, 0.3) is 0 Å². The van der Waals surface area contributed by atoms with E-state index in [1.807, 2.05) is 0 Å². The van der Waals surface area contributed by atoms with Crippen LogP contribution in [0.2, 0.25) is 0 Å². The number of hydrogen-bond acceptors (Lipinski definition) is 2. The van der Waals surface area contributed by atoms with E-state index in [1.165, 1.54) is 0 Å². The maximum atomic E-state index is 5.13. The summed E-state index contributed by atoms with van der Waals surface area (Å²) in [4.78, 5) is 0. The summed E-state index contributed by atoms with van der Waals surface area (Å²) in [5, 5.41) is 5.95. The van der Waals surface area contributed by atoms with Crippen molar-refractivity contribution in [2.75, 3.05) is 5.73 Å². The molecule has 1 aromatic heterocycles. The van der Waals surface area contributed by atoms with Gasteiger partial charge in [0.1, 0.15) is 6.20 Å². The molecule has 0 saturated carbocycles. The van der Waals surface area contributed by atoms with Crippen LogP contribution < -0.4 is 5.73 Å². The summed E-state index contributed by atoms with van der Waals surface area (Å²) in [6.07, 6.45) is 4.04. The molecule has 6 heavy (non-hydrogen) atoms. The summed E-state index contributed by atoms with van der Waals surface area (Å²) >= 11 is 0. The first-order valence-electron chi connectivity index (χ1n) is 1.56. The Labute approximate surface area is 35.2 Å². The van der Waals surface area contributed by atoms with Crippen LogP contribution in [0.1, 0.15) is 0 Å². The van der Waals surface area contributed by atoms with Crippen molar-refractivity contribution in [2.24, 2.45) is 0 Å². The number of H-pyrrole nitrogens is 1. The lowest BCUT2D eigenvalue weighted by atomic mass is 10.6. The van der Waals surface area contributed by atoms with Crippen molar-refractivity contribution in [3.05, 3.63) is 12.4 Å². The smallest absolute Gasteiger partial charge is 0.137 e. The van der Waals surface area contributed by atoms with Gasteiger partial charge in [0, 0.05) is 6.20 Å². The topological polar surface area (TPSA) is 54.7 Å². The Morgan fingerprint density at radius 1 is 2.00 bits per heavy atom. The van der Waals surface area contributed by atoms with E-state index < -0.39 is 0 Å². The summed E-state index contributed by atoms with van der Waals surface area (Å²) < 4.78 is 0. The molecule has 0 amide bonds. The Morgan fingerprint density at radius 3 is 3.00 bits per heavy atom. The van der Waals surface area contributed by atoms with Crippen LogP contribution in [0.4, 0.5) is 5.69 Å². The van der Waals surface area contributed by atoms with Crippen molar-refractivity contribution in [2.45, 2.75) is 0 Å². The fourth-order valence-electron chi connectivity index (χ4n) is 0.231. The number of hydrogen-bond donors (Lipinski definition) is 2. The van der Waals surface area contributed by atoms with Gasteiger partial charge in [-0.25, -0.2) is 0 Å². The summed E-state index contributed by atoms with van der Waals surface area (Å²) in [5.41, 5.74) is 5.68. The number of anilines is 1. The Kier molecular flexibility index (Phi) is 0.538. The number of nitrogens with two attached hydrogens (primary N) is 1. The lowest BCUT2D eigenvalue weighted by Gasteiger charge is -1.65. The van der Waals surface area contributed by atoms with Crippen molar-refractivity contribution in [3.8, 4) is 0 Å². The molecule has 0 saturated heterocycles. The van der Waals surface area contributed by atoms with Crippen LogP contribution in [-0.4, -0.2) is 10.2 Å². The van der Waals surface area contributed by atoms with E-state index in [0.717, 1.165) is 0 Å². The van der Waals surface area contributed by atoms with E-state index in [-0.39, 0.29) is 0 Å². The predicted molar refractivity (Wildman–Crippen MR) is 21.8 cm³/mol. The van der Waals surface area contributed by atoms with Crippen molar-refractivity contribution >= 4 is 5.69 Å². The van der Waals surface area contributed by atoms with Gasteiger partial charge in [-0.15, -0.1) is 0 Å². The second-order valence-corrected chi connectivity index (χ2v) is 0.952. The van der Waals surface area contributed by atoms with E-state index in [4.69, 9.17) is 5.73 Å². The Hall–Kier alpha value is -0.990.